The Kier molecular flexibility index (Phi) is 5.89. The van der Waals surface area contributed by atoms with E-state index in [9.17, 15) is 4.79 Å². The second-order valence-corrected chi connectivity index (χ2v) is 7.22. The van der Waals surface area contributed by atoms with Gasteiger partial charge in [-0.15, -0.1) is 0 Å². The highest BCUT2D eigenvalue weighted by molar-refractivity contribution is 7.08. The van der Waals surface area contributed by atoms with Gasteiger partial charge < -0.3 is 5.32 Å². The van der Waals surface area contributed by atoms with Crippen molar-refractivity contribution in [3.63, 3.8) is 0 Å². The largest absolute Gasteiger partial charge is 0.354 e. The maximum absolute atomic E-state index is 12.6. The summed E-state index contributed by atoms with van der Waals surface area (Å²) in [5, 5.41) is 12.0. The maximum atomic E-state index is 12.6. The summed E-state index contributed by atoms with van der Waals surface area (Å²) in [7, 11) is 0. The standard InChI is InChI=1S/C21H25N3OS/c1-4-19(17-8-6-5-7-9-17)21(25)22-11-12-24-16(3)20(15(2)23-24)18-10-13-26-14-18/h5-10,13-14,19H,4,11-12H2,1-3H3,(H,22,25)/t19-/m0/s1. The third kappa shape index (κ3) is 3.88. The minimum Gasteiger partial charge on any atom is -0.354 e. The van der Waals surface area contributed by atoms with Crippen molar-refractivity contribution >= 4 is 17.2 Å². The van der Waals surface area contributed by atoms with E-state index in [-0.39, 0.29) is 11.8 Å². The molecule has 0 fully saturated rings. The quantitative estimate of drug-likeness (QED) is 0.666. The fourth-order valence-electron chi connectivity index (χ4n) is 3.41. The van der Waals surface area contributed by atoms with E-state index in [0.717, 1.165) is 23.4 Å². The molecule has 0 aliphatic carbocycles. The number of nitrogens with zero attached hydrogens (tertiary/aromatic N) is 2. The number of aryl methyl sites for hydroxylation is 1. The lowest BCUT2D eigenvalue weighted by atomic mass is 9.96. The smallest absolute Gasteiger partial charge is 0.227 e. The predicted molar refractivity (Wildman–Crippen MR) is 107 cm³/mol. The predicted octanol–water partition coefficient (Wildman–Crippen LogP) is 4.54. The number of nitrogens with one attached hydrogen (secondary N) is 1. The number of amides is 1. The zero-order chi connectivity index (χ0) is 18.5. The summed E-state index contributed by atoms with van der Waals surface area (Å²) < 4.78 is 1.99. The second-order valence-electron chi connectivity index (χ2n) is 6.44. The lowest BCUT2D eigenvalue weighted by Gasteiger charge is -2.15. The third-order valence-electron chi connectivity index (χ3n) is 4.74. The number of carbonyl (C=O) groups excluding carboxylic acids is 1. The van der Waals surface area contributed by atoms with Crippen LogP contribution in [0.25, 0.3) is 11.1 Å². The van der Waals surface area contributed by atoms with Crippen molar-refractivity contribution in [3.8, 4) is 11.1 Å². The average Bonchev–Trinajstić information content (AvgIpc) is 3.25. The van der Waals surface area contributed by atoms with Crippen molar-refractivity contribution in [1.29, 1.82) is 0 Å². The van der Waals surface area contributed by atoms with E-state index in [0.29, 0.717) is 13.1 Å². The molecule has 3 aromatic rings. The van der Waals surface area contributed by atoms with Crippen LogP contribution in [0.1, 0.15) is 36.2 Å². The van der Waals surface area contributed by atoms with Gasteiger partial charge in [0.25, 0.3) is 0 Å². The van der Waals surface area contributed by atoms with Crippen LogP contribution in [0.3, 0.4) is 0 Å². The van der Waals surface area contributed by atoms with E-state index in [1.54, 1.807) is 11.3 Å². The Hall–Kier alpha value is -2.40. The fourth-order valence-corrected chi connectivity index (χ4v) is 4.05. The minimum absolute atomic E-state index is 0.0817. The first-order chi connectivity index (χ1) is 12.6. The second kappa shape index (κ2) is 8.32. The summed E-state index contributed by atoms with van der Waals surface area (Å²) in [5.41, 5.74) is 5.66. The molecule has 2 heterocycles. The fraction of sp³-hybridized carbons (Fsp3) is 0.333. The number of rotatable bonds is 7. The van der Waals surface area contributed by atoms with Crippen LogP contribution in [0.5, 0.6) is 0 Å². The van der Waals surface area contributed by atoms with Gasteiger partial charge >= 0.3 is 0 Å². The molecule has 136 valence electrons. The Morgan fingerprint density at radius 2 is 2.00 bits per heavy atom. The van der Waals surface area contributed by atoms with Crippen LogP contribution in [0.15, 0.2) is 47.2 Å². The van der Waals surface area contributed by atoms with Crippen molar-refractivity contribution < 1.29 is 4.79 Å². The monoisotopic (exact) mass is 367 g/mol. The van der Waals surface area contributed by atoms with E-state index < -0.39 is 0 Å². The molecular formula is C21H25N3OS. The first-order valence-electron chi connectivity index (χ1n) is 9.01. The molecule has 0 aliphatic heterocycles. The summed E-state index contributed by atoms with van der Waals surface area (Å²) in [6, 6.07) is 12.1. The summed E-state index contributed by atoms with van der Waals surface area (Å²) in [6.45, 7) is 7.43. The molecule has 1 atom stereocenters. The highest BCUT2D eigenvalue weighted by atomic mass is 32.1. The lowest BCUT2D eigenvalue weighted by Crippen LogP contribution is -2.32. The summed E-state index contributed by atoms with van der Waals surface area (Å²) in [6.07, 6.45) is 0.790. The minimum atomic E-state index is -0.0991. The van der Waals surface area contributed by atoms with Crippen LogP contribution in [0.2, 0.25) is 0 Å². The molecule has 4 nitrogen and oxygen atoms in total. The zero-order valence-electron chi connectivity index (χ0n) is 15.5. The lowest BCUT2D eigenvalue weighted by molar-refractivity contribution is -0.122. The SMILES string of the molecule is CC[C@H](C(=O)NCCn1nc(C)c(-c2ccsc2)c1C)c1ccccc1. The zero-order valence-corrected chi connectivity index (χ0v) is 16.3. The van der Waals surface area contributed by atoms with Crippen molar-refractivity contribution in [2.24, 2.45) is 0 Å². The molecule has 0 saturated heterocycles. The topological polar surface area (TPSA) is 46.9 Å². The van der Waals surface area contributed by atoms with Gasteiger partial charge in [-0.3, -0.25) is 9.48 Å². The van der Waals surface area contributed by atoms with Gasteiger partial charge in [0.05, 0.1) is 18.2 Å². The van der Waals surface area contributed by atoms with Gasteiger partial charge in [0.1, 0.15) is 0 Å². The maximum Gasteiger partial charge on any atom is 0.227 e. The number of hydrogen-bond donors (Lipinski definition) is 1. The van der Waals surface area contributed by atoms with Crippen molar-refractivity contribution in [3.05, 3.63) is 64.1 Å². The van der Waals surface area contributed by atoms with Gasteiger partial charge in [-0.2, -0.15) is 16.4 Å². The normalized spacial score (nSPS) is 12.1. The molecular weight excluding hydrogens is 342 g/mol. The van der Waals surface area contributed by atoms with E-state index in [4.69, 9.17) is 0 Å². The van der Waals surface area contributed by atoms with Gasteiger partial charge in [-0.1, -0.05) is 37.3 Å². The van der Waals surface area contributed by atoms with Gasteiger partial charge in [0, 0.05) is 17.8 Å². The van der Waals surface area contributed by atoms with Crippen molar-refractivity contribution in [1.82, 2.24) is 15.1 Å². The first kappa shape index (κ1) is 18.4. The van der Waals surface area contributed by atoms with Crippen molar-refractivity contribution in [2.45, 2.75) is 39.7 Å². The summed E-state index contributed by atoms with van der Waals surface area (Å²) in [4.78, 5) is 12.6. The molecule has 26 heavy (non-hydrogen) atoms. The van der Waals surface area contributed by atoms with Gasteiger partial charge in [-0.25, -0.2) is 0 Å². The van der Waals surface area contributed by atoms with Crippen LogP contribution >= 0.6 is 11.3 Å². The third-order valence-corrected chi connectivity index (χ3v) is 5.42. The molecule has 5 heteroatoms. The number of aromatic nitrogens is 2. The molecule has 0 radical (unpaired) electrons. The van der Waals surface area contributed by atoms with Crippen LogP contribution in [-0.4, -0.2) is 22.2 Å². The Labute approximate surface area is 158 Å². The highest BCUT2D eigenvalue weighted by Crippen LogP contribution is 2.28. The van der Waals surface area contributed by atoms with Crippen LogP contribution in [-0.2, 0) is 11.3 Å². The molecule has 0 aliphatic rings. The van der Waals surface area contributed by atoms with E-state index in [1.165, 1.54) is 11.1 Å². The van der Waals surface area contributed by atoms with Gasteiger partial charge in [0.2, 0.25) is 5.91 Å². The summed E-state index contributed by atoms with van der Waals surface area (Å²) >= 11 is 1.69. The molecule has 1 aromatic carbocycles. The Morgan fingerprint density at radius 1 is 1.23 bits per heavy atom. The number of benzene rings is 1. The Morgan fingerprint density at radius 3 is 2.65 bits per heavy atom. The molecule has 1 N–H and O–H groups in total. The van der Waals surface area contributed by atoms with E-state index >= 15 is 0 Å². The molecule has 0 saturated carbocycles. The number of hydrogen-bond acceptors (Lipinski definition) is 3. The molecule has 0 unspecified atom stereocenters. The molecule has 3 rings (SSSR count). The number of thiophene rings is 1. The van der Waals surface area contributed by atoms with E-state index in [2.05, 4.69) is 34.2 Å². The van der Waals surface area contributed by atoms with E-state index in [1.807, 2.05) is 48.9 Å². The average molecular weight is 368 g/mol. The Balaban J connectivity index is 1.63. The van der Waals surface area contributed by atoms with Crippen LogP contribution < -0.4 is 5.32 Å². The molecule has 0 spiro atoms. The molecule has 0 bridgehead atoms. The Bertz CT molecular complexity index is 853. The first-order valence-corrected chi connectivity index (χ1v) is 9.95. The van der Waals surface area contributed by atoms with Crippen LogP contribution in [0, 0.1) is 13.8 Å². The highest BCUT2D eigenvalue weighted by Gasteiger charge is 2.18. The van der Waals surface area contributed by atoms with Crippen molar-refractivity contribution in [2.75, 3.05) is 6.54 Å². The molecule has 2 aromatic heterocycles. The van der Waals surface area contributed by atoms with Gasteiger partial charge in [-0.05, 0) is 48.2 Å². The number of carbonyl (C=O) groups is 1. The molecule has 1 amide bonds. The van der Waals surface area contributed by atoms with Gasteiger partial charge in [0.15, 0.2) is 0 Å². The summed E-state index contributed by atoms with van der Waals surface area (Å²) in [5.74, 6) is -0.0173. The van der Waals surface area contributed by atoms with Crippen LogP contribution in [0.4, 0.5) is 0 Å².